The summed E-state index contributed by atoms with van der Waals surface area (Å²) in [5.41, 5.74) is 0. The fourth-order valence-electron chi connectivity index (χ4n) is 2.62. The van der Waals surface area contributed by atoms with E-state index < -0.39 is 0 Å². The molecule has 2 rings (SSSR count). The summed E-state index contributed by atoms with van der Waals surface area (Å²) in [5, 5.41) is 0. The summed E-state index contributed by atoms with van der Waals surface area (Å²) in [5.74, 6) is 0.472. The Morgan fingerprint density at radius 1 is 1.14 bits per heavy atom. The van der Waals surface area contributed by atoms with Crippen molar-refractivity contribution in [2.24, 2.45) is 11.8 Å². The van der Waals surface area contributed by atoms with E-state index in [1.165, 1.54) is 12.8 Å². The van der Waals surface area contributed by atoms with Gasteiger partial charge in [-0.1, -0.05) is 13.8 Å². The minimum Gasteiger partial charge on any atom is -0.463 e. The summed E-state index contributed by atoms with van der Waals surface area (Å²) >= 11 is 0. The van der Waals surface area contributed by atoms with E-state index in [0.717, 1.165) is 19.4 Å². The Hall–Kier alpha value is -0.650. The summed E-state index contributed by atoms with van der Waals surface area (Å²) < 4.78 is 21.6. The largest absolute Gasteiger partial charge is 0.463 e. The number of epoxide rings is 1. The van der Waals surface area contributed by atoms with Gasteiger partial charge in [0.15, 0.2) is 0 Å². The van der Waals surface area contributed by atoms with Crippen molar-refractivity contribution in [3.8, 4) is 0 Å². The summed E-state index contributed by atoms with van der Waals surface area (Å²) in [7, 11) is 0. The van der Waals surface area contributed by atoms with E-state index in [1.807, 2.05) is 13.8 Å². The molecule has 1 aliphatic heterocycles. The molecule has 4 unspecified atom stereocenters. The van der Waals surface area contributed by atoms with Crippen LogP contribution in [0.2, 0.25) is 0 Å². The second kappa shape index (κ2) is 8.71. The summed E-state index contributed by atoms with van der Waals surface area (Å²) in [4.78, 5) is 11.4. The molecule has 0 aromatic carbocycles. The standard InChI is InChI=1S/C16H28O5/c1-3-12(2)16(17)20-9-8-18-6-7-19-11-13-4-5-14-15(10-13)21-14/h12-15H,3-11H2,1-2H3. The maximum atomic E-state index is 11.4. The summed E-state index contributed by atoms with van der Waals surface area (Å²) in [6.07, 6.45) is 5.44. The highest BCUT2D eigenvalue weighted by Crippen LogP contribution is 2.39. The van der Waals surface area contributed by atoms with E-state index >= 15 is 0 Å². The molecular formula is C16H28O5. The molecule has 0 aromatic rings. The van der Waals surface area contributed by atoms with Gasteiger partial charge in [0.05, 0.1) is 37.9 Å². The highest BCUT2D eigenvalue weighted by atomic mass is 16.6. The maximum Gasteiger partial charge on any atom is 0.308 e. The van der Waals surface area contributed by atoms with Gasteiger partial charge >= 0.3 is 5.97 Å². The summed E-state index contributed by atoms with van der Waals surface area (Å²) in [6, 6.07) is 0. The molecule has 5 nitrogen and oxygen atoms in total. The number of carbonyl (C=O) groups is 1. The second-order valence-corrected chi connectivity index (χ2v) is 6.06. The molecule has 0 aromatic heterocycles. The van der Waals surface area contributed by atoms with Crippen molar-refractivity contribution in [3.63, 3.8) is 0 Å². The van der Waals surface area contributed by atoms with E-state index in [-0.39, 0.29) is 11.9 Å². The topological polar surface area (TPSA) is 57.3 Å². The van der Waals surface area contributed by atoms with Crippen LogP contribution in [0.4, 0.5) is 0 Å². The molecule has 0 N–H and O–H groups in total. The first-order valence-electron chi connectivity index (χ1n) is 8.18. The Morgan fingerprint density at radius 3 is 2.67 bits per heavy atom. The van der Waals surface area contributed by atoms with Crippen LogP contribution < -0.4 is 0 Å². The van der Waals surface area contributed by atoms with Crippen LogP contribution in [-0.4, -0.2) is 51.2 Å². The first-order valence-corrected chi connectivity index (χ1v) is 8.18. The lowest BCUT2D eigenvalue weighted by molar-refractivity contribution is -0.149. The zero-order valence-electron chi connectivity index (χ0n) is 13.2. The lowest BCUT2D eigenvalue weighted by Gasteiger charge is -2.18. The van der Waals surface area contributed by atoms with Crippen LogP contribution in [0.15, 0.2) is 0 Å². The Balaban J connectivity index is 1.36. The highest BCUT2D eigenvalue weighted by Gasteiger charge is 2.43. The molecule has 0 radical (unpaired) electrons. The Morgan fingerprint density at radius 2 is 1.90 bits per heavy atom. The number of fused-ring (bicyclic) bond motifs is 1. The third kappa shape index (κ3) is 5.93. The number of esters is 1. The third-order valence-corrected chi connectivity index (χ3v) is 4.33. The van der Waals surface area contributed by atoms with Gasteiger partial charge < -0.3 is 18.9 Å². The molecule has 2 aliphatic rings. The Kier molecular flexibility index (Phi) is 6.93. The van der Waals surface area contributed by atoms with E-state index in [0.29, 0.717) is 44.6 Å². The maximum absolute atomic E-state index is 11.4. The molecule has 1 aliphatic carbocycles. The van der Waals surface area contributed by atoms with Crippen LogP contribution in [0.5, 0.6) is 0 Å². The van der Waals surface area contributed by atoms with Crippen molar-refractivity contribution >= 4 is 5.97 Å². The zero-order valence-corrected chi connectivity index (χ0v) is 13.2. The van der Waals surface area contributed by atoms with E-state index in [2.05, 4.69) is 0 Å². The van der Waals surface area contributed by atoms with Crippen LogP contribution in [0.25, 0.3) is 0 Å². The molecule has 122 valence electrons. The molecule has 0 bridgehead atoms. The fourth-order valence-corrected chi connectivity index (χ4v) is 2.62. The van der Waals surface area contributed by atoms with Gasteiger partial charge in [-0.15, -0.1) is 0 Å². The molecule has 0 spiro atoms. The number of hydrogen-bond donors (Lipinski definition) is 0. The van der Waals surface area contributed by atoms with Gasteiger partial charge in [0.2, 0.25) is 0 Å². The van der Waals surface area contributed by atoms with Gasteiger partial charge in [-0.25, -0.2) is 0 Å². The second-order valence-electron chi connectivity index (χ2n) is 6.06. The van der Waals surface area contributed by atoms with Crippen molar-refractivity contribution in [2.45, 2.75) is 51.7 Å². The van der Waals surface area contributed by atoms with E-state index in [1.54, 1.807) is 0 Å². The van der Waals surface area contributed by atoms with Crippen molar-refractivity contribution < 1.29 is 23.7 Å². The average Bonchev–Trinajstić information content (AvgIpc) is 3.27. The molecule has 5 heteroatoms. The van der Waals surface area contributed by atoms with Crippen molar-refractivity contribution in [1.29, 1.82) is 0 Å². The first kappa shape index (κ1) is 16.7. The molecule has 1 saturated heterocycles. The predicted octanol–water partition coefficient (Wildman–Crippen LogP) is 2.18. The molecule has 21 heavy (non-hydrogen) atoms. The van der Waals surface area contributed by atoms with Crippen LogP contribution in [-0.2, 0) is 23.7 Å². The lowest BCUT2D eigenvalue weighted by atomic mass is 9.90. The monoisotopic (exact) mass is 300 g/mol. The molecular weight excluding hydrogens is 272 g/mol. The molecule has 1 heterocycles. The molecule has 2 fully saturated rings. The quantitative estimate of drug-likeness (QED) is 0.351. The van der Waals surface area contributed by atoms with Crippen molar-refractivity contribution in [1.82, 2.24) is 0 Å². The fraction of sp³-hybridized carbons (Fsp3) is 0.938. The van der Waals surface area contributed by atoms with Gasteiger partial charge in [-0.3, -0.25) is 4.79 Å². The van der Waals surface area contributed by atoms with Gasteiger partial charge in [0.1, 0.15) is 6.61 Å². The van der Waals surface area contributed by atoms with E-state index in [4.69, 9.17) is 18.9 Å². The third-order valence-electron chi connectivity index (χ3n) is 4.33. The summed E-state index contributed by atoms with van der Waals surface area (Å²) in [6.45, 7) is 6.57. The Labute approximate surface area is 127 Å². The van der Waals surface area contributed by atoms with Gasteiger partial charge in [-0.05, 0) is 31.6 Å². The van der Waals surface area contributed by atoms with Crippen LogP contribution >= 0.6 is 0 Å². The molecule has 4 atom stereocenters. The lowest BCUT2D eigenvalue weighted by Crippen LogP contribution is -2.20. The van der Waals surface area contributed by atoms with Crippen LogP contribution in [0.1, 0.15) is 39.5 Å². The average molecular weight is 300 g/mol. The number of carbonyl (C=O) groups excluding carboxylic acids is 1. The van der Waals surface area contributed by atoms with Gasteiger partial charge in [0.25, 0.3) is 0 Å². The normalized spacial score (nSPS) is 28.8. The van der Waals surface area contributed by atoms with Crippen LogP contribution in [0.3, 0.4) is 0 Å². The van der Waals surface area contributed by atoms with Crippen molar-refractivity contribution in [3.05, 3.63) is 0 Å². The SMILES string of the molecule is CCC(C)C(=O)OCCOCCOCC1CCC2OC2C1. The smallest absolute Gasteiger partial charge is 0.308 e. The van der Waals surface area contributed by atoms with Gasteiger partial charge in [-0.2, -0.15) is 0 Å². The molecule has 1 saturated carbocycles. The van der Waals surface area contributed by atoms with Crippen LogP contribution in [0, 0.1) is 11.8 Å². The minimum absolute atomic E-state index is 0.0288. The first-order chi connectivity index (χ1) is 10.2. The predicted molar refractivity (Wildman–Crippen MR) is 78.1 cm³/mol. The zero-order chi connectivity index (χ0) is 15.1. The molecule has 0 amide bonds. The number of rotatable bonds is 10. The van der Waals surface area contributed by atoms with Crippen molar-refractivity contribution in [2.75, 3.05) is 33.0 Å². The minimum atomic E-state index is -0.143. The Bertz CT molecular complexity index is 320. The van der Waals surface area contributed by atoms with Gasteiger partial charge in [0, 0.05) is 6.61 Å². The number of ether oxygens (including phenoxy) is 4. The number of hydrogen-bond acceptors (Lipinski definition) is 5. The van der Waals surface area contributed by atoms with E-state index in [9.17, 15) is 4.79 Å². The highest BCUT2D eigenvalue weighted by molar-refractivity contribution is 5.71.